The predicted molar refractivity (Wildman–Crippen MR) is 86.3 cm³/mol. The Morgan fingerprint density at radius 2 is 1.24 bits per heavy atom. The quantitative estimate of drug-likeness (QED) is 0.838. The molecule has 2 aromatic rings. The normalized spacial score (nSPS) is 11.5. The van der Waals surface area contributed by atoms with E-state index in [0.717, 1.165) is 0 Å². The summed E-state index contributed by atoms with van der Waals surface area (Å²) in [7, 11) is 0. The first-order valence-corrected chi connectivity index (χ1v) is 6.78. The lowest BCUT2D eigenvalue weighted by molar-refractivity contribution is 0.474. The second-order valence-electron chi connectivity index (χ2n) is 4.17. The van der Waals surface area contributed by atoms with Crippen molar-refractivity contribution >= 4 is 35.6 Å². The van der Waals surface area contributed by atoms with E-state index in [-0.39, 0.29) is 18.2 Å². The Morgan fingerprint density at radius 1 is 0.810 bits per heavy atom. The minimum atomic E-state index is 0.0969. The van der Waals surface area contributed by atoms with Crippen LogP contribution in [-0.4, -0.2) is 29.3 Å². The minimum absolute atomic E-state index is 0.0969. The Bertz CT molecular complexity index is 641. The summed E-state index contributed by atoms with van der Waals surface area (Å²) in [4.78, 5) is 8.11. The maximum atomic E-state index is 9.60. The molecule has 108 valence electrons. The molecule has 0 saturated carbocycles. The fourth-order valence-electron chi connectivity index (χ4n) is 1.58. The standard InChI is InChI=1S/C15H12Cl2N2O2/c16-12-1-3-14(20)10(5-12)7-18-9-19-8-11-6-13(17)2-4-15(11)21/h1-8,20-21H,9H2/b18-7+,19-8+. The Morgan fingerprint density at radius 3 is 1.67 bits per heavy atom. The third kappa shape index (κ3) is 4.48. The number of hydrogen-bond acceptors (Lipinski definition) is 4. The second kappa shape index (κ2) is 7.11. The summed E-state index contributed by atoms with van der Waals surface area (Å²) < 4.78 is 0. The zero-order valence-electron chi connectivity index (χ0n) is 10.9. The largest absolute Gasteiger partial charge is 0.507 e. The predicted octanol–water partition coefficient (Wildman–Crippen LogP) is 3.90. The Hall–Kier alpha value is -2.04. The van der Waals surface area contributed by atoms with Gasteiger partial charge in [-0.25, -0.2) is 0 Å². The summed E-state index contributed by atoms with van der Waals surface area (Å²) in [5.74, 6) is 0.194. The van der Waals surface area contributed by atoms with Gasteiger partial charge in [-0.1, -0.05) is 23.2 Å². The fourth-order valence-corrected chi connectivity index (χ4v) is 1.94. The van der Waals surface area contributed by atoms with Gasteiger partial charge in [0.25, 0.3) is 0 Å². The van der Waals surface area contributed by atoms with Crippen molar-refractivity contribution in [1.29, 1.82) is 0 Å². The van der Waals surface area contributed by atoms with E-state index in [1.807, 2.05) is 0 Å². The van der Waals surface area contributed by atoms with Crippen LogP contribution in [0.15, 0.2) is 46.4 Å². The molecule has 0 aliphatic rings. The molecule has 0 aliphatic carbocycles. The summed E-state index contributed by atoms with van der Waals surface area (Å²) in [5.41, 5.74) is 1.03. The highest BCUT2D eigenvalue weighted by Crippen LogP contribution is 2.20. The molecule has 0 aliphatic heterocycles. The molecular formula is C15H12Cl2N2O2. The van der Waals surface area contributed by atoms with Crippen molar-refractivity contribution < 1.29 is 10.2 Å². The number of benzene rings is 2. The van der Waals surface area contributed by atoms with Crippen LogP contribution in [0.5, 0.6) is 11.5 Å². The molecule has 0 radical (unpaired) electrons. The third-order valence-electron chi connectivity index (χ3n) is 2.60. The molecule has 21 heavy (non-hydrogen) atoms. The molecule has 6 heteroatoms. The molecule has 2 aromatic carbocycles. The second-order valence-corrected chi connectivity index (χ2v) is 5.04. The Balaban J connectivity index is 2.00. The summed E-state index contributed by atoms with van der Waals surface area (Å²) in [5, 5.41) is 20.2. The lowest BCUT2D eigenvalue weighted by Crippen LogP contribution is -1.86. The van der Waals surface area contributed by atoms with Gasteiger partial charge in [0, 0.05) is 33.6 Å². The van der Waals surface area contributed by atoms with Crippen LogP contribution < -0.4 is 0 Å². The summed E-state index contributed by atoms with van der Waals surface area (Å²) in [6.07, 6.45) is 2.97. The van der Waals surface area contributed by atoms with Crippen molar-refractivity contribution in [3.63, 3.8) is 0 Å². The van der Waals surface area contributed by atoms with Crippen molar-refractivity contribution in [2.24, 2.45) is 9.98 Å². The van der Waals surface area contributed by atoms with Crippen LogP contribution in [0.2, 0.25) is 10.0 Å². The third-order valence-corrected chi connectivity index (χ3v) is 3.07. The molecule has 0 saturated heterocycles. The van der Waals surface area contributed by atoms with Gasteiger partial charge in [0.15, 0.2) is 0 Å². The van der Waals surface area contributed by atoms with Gasteiger partial charge in [-0.05, 0) is 36.4 Å². The summed E-state index contributed by atoms with van der Waals surface area (Å²) in [6.45, 7) is 0.151. The Kier molecular flexibility index (Phi) is 5.20. The molecule has 0 aromatic heterocycles. The molecule has 0 amide bonds. The van der Waals surface area contributed by atoms with Crippen molar-refractivity contribution in [2.45, 2.75) is 0 Å². The van der Waals surface area contributed by atoms with Crippen molar-refractivity contribution in [2.75, 3.05) is 6.67 Å². The maximum absolute atomic E-state index is 9.60. The topological polar surface area (TPSA) is 65.2 Å². The first-order valence-electron chi connectivity index (χ1n) is 6.03. The van der Waals surface area contributed by atoms with Gasteiger partial charge in [-0.2, -0.15) is 0 Å². The molecule has 0 fully saturated rings. The monoisotopic (exact) mass is 322 g/mol. The Labute approximate surface area is 132 Å². The van der Waals surface area contributed by atoms with Crippen molar-refractivity contribution in [3.8, 4) is 11.5 Å². The van der Waals surface area contributed by atoms with Crippen LogP contribution in [-0.2, 0) is 0 Å². The lowest BCUT2D eigenvalue weighted by atomic mass is 10.2. The average molecular weight is 323 g/mol. The van der Waals surface area contributed by atoms with Crippen LogP contribution >= 0.6 is 23.2 Å². The highest BCUT2D eigenvalue weighted by atomic mass is 35.5. The van der Waals surface area contributed by atoms with Gasteiger partial charge in [0.1, 0.15) is 18.2 Å². The number of hydrogen-bond donors (Lipinski definition) is 2. The molecule has 4 nitrogen and oxygen atoms in total. The maximum Gasteiger partial charge on any atom is 0.129 e. The molecule has 0 bridgehead atoms. The zero-order chi connectivity index (χ0) is 15.2. The highest BCUT2D eigenvalue weighted by molar-refractivity contribution is 6.31. The van der Waals surface area contributed by atoms with Gasteiger partial charge in [-0.15, -0.1) is 0 Å². The van der Waals surface area contributed by atoms with Crippen molar-refractivity contribution in [3.05, 3.63) is 57.6 Å². The minimum Gasteiger partial charge on any atom is -0.507 e. The van der Waals surface area contributed by atoms with Crippen LogP contribution in [0.3, 0.4) is 0 Å². The smallest absolute Gasteiger partial charge is 0.129 e. The van der Waals surface area contributed by atoms with E-state index < -0.39 is 0 Å². The lowest BCUT2D eigenvalue weighted by Gasteiger charge is -1.99. The van der Waals surface area contributed by atoms with Gasteiger partial charge in [0.2, 0.25) is 0 Å². The van der Waals surface area contributed by atoms with E-state index in [1.165, 1.54) is 24.6 Å². The summed E-state index contributed by atoms with van der Waals surface area (Å²) in [6, 6.07) is 9.39. The summed E-state index contributed by atoms with van der Waals surface area (Å²) >= 11 is 11.7. The van der Waals surface area contributed by atoms with Crippen LogP contribution in [0.25, 0.3) is 0 Å². The zero-order valence-corrected chi connectivity index (χ0v) is 12.4. The average Bonchev–Trinajstić information content (AvgIpc) is 2.45. The van der Waals surface area contributed by atoms with Crippen LogP contribution in [0.1, 0.15) is 11.1 Å². The van der Waals surface area contributed by atoms with Gasteiger partial charge < -0.3 is 10.2 Å². The number of phenols is 2. The van der Waals surface area contributed by atoms with Gasteiger partial charge >= 0.3 is 0 Å². The van der Waals surface area contributed by atoms with Gasteiger partial charge in [-0.3, -0.25) is 9.98 Å². The molecule has 0 unspecified atom stereocenters. The number of phenolic OH excluding ortho intramolecular Hbond substituents is 2. The number of halogens is 2. The first kappa shape index (κ1) is 15.4. The van der Waals surface area contributed by atoms with Crippen LogP contribution in [0, 0.1) is 0 Å². The number of nitrogens with zero attached hydrogens (tertiary/aromatic N) is 2. The van der Waals surface area contributed by atoms with E-state index in [4.69, 9.17) is 23.2 Å². The van der Waals surface area contributed by atoms with E-state index in [9.17, 15) is 10.2 Å². The molecule has 0 spiro atoms. The number of rotatable bonds is 4. The molecule has 2 rings (SSSR count). The van der Waals surface area contributed by atoms with E-state index in [1.54, 1.807) is 24.3 Å². The van der Waals surface area contributed by atoms with E-state index >= 15 is 0 Å². The molecular weight excluding hydrogens is 311 g/mol. The van der Waals surface area contributed by atoms with E-state index in [0.29, 0.717) is 21.2 Å². The van der Waals surface area contributed by atoms with Crippen molar-refractivity contribution in [1.82, 2.24) is 0 Å². The van der Waals surface area contributed by atoms with Gasteiger partial charge in [0.05, 0.1) is 0 Å². The molecule has 0 heterocycles. The van der Waals surface area contributed by atoms with Crippen LogP contribution in [0.4, 0.5) is 0 Å². The molecule has 2 N–H and O–H groups in total. The number of aliphatic imine (C=N–C) groups is 2. The first-order chi connectivity index (χ1) is 10.1. The van der Waals surface area contributed by atoms with E-state index in [2.05, 4.69) is 9.98 Å². The fraction of sp³-hybridized carbons (Fsp3) is 0.0667. The highest BCUT2D eigenvalue weighted by Gasteiger charge is 1.99. The SMILES string of the molecule is Oc1ccc(Cl)cc1/C=N/C/N=C/c1cc(Cl)ccc1O. The number of aromatic hydroxyl groups is 2. The molecule has 0 atom stereocenters.